The minimum atomic E-state index is -0.408. The first-order valence-electron chi connectivity index (χ1n) is 8.68. The van der Waals surface area contributed by atoms with Crippen molar-refractivity contribution in [1.29, 1.82) is 0 Å². The number of para-hydroxylation sites is 1. The highest BCUT2D eigenvalue weighted by atomic mass is 16.2. The number of carbonyl (C=O) groups is 2. The summed E-state index contributed by atoms with van der Waals surface area (Å²) in [5.74, 6) is -0.798. The molecule has 0 aliphatic carbocycles. The Bertz CT molecular complexity index is 916. The number of piperidine rings is 1. The van der Waals surface area contributed by atoms with E-state index in [0.29, 0.717) is 24.7 Å². The minimum Gasteiger partial charge on any atom is -0.358 e. The lowest BCUT2D eigenvalue weighted by molar-refractivity contribution is -0.127. The molecule has 0 atom stereocenters. The molecule has 1 aliphatic rings. The van der Waals surface area contributed by atoms with Crippen LogP contribution in [0.15, 0.2) is 48.8 Å². The van der Waals surface area contributed by atoms with Gasteiger partial charge in [-0.3, -0.25) is 9.59 Å². The average Bonchev–Trinajstić information content (AvgIpc) is 3.27. The van der Waals surface area contributed by atoms with E-state index in [4.69, 9.17) is 0 Å². The molecule has 0 unspecified atom stereocenters. The maximum absolute atomic E-state index is 12.8. The zero-order valence-corrected chi connectivity index (χ0v) is 14.2. The number of hydrogen-bond acceptors (Lipinski definition) is 2. The third-order valence-electron chi connectivity index (χ3n) is 5.12. The Kier molecular flexibility index (Phi) is 3.92. The molecule has 0 radical (unpaired) electrons. The van der Waals surface area contributed by atoms with Crippen LogP contribution in [-0.4, -0.2) is 39.2 Å². The maximum atomic E-state index is 12.8. The first kappa shape index (κ1) is 15.7. The maximum Gasteiger partial charge on any atom is 0.295 e. The van der Waals surface area contributed by atoms with Crippen molar-refractivity contribution in [3.05, 3.63) is 60.0 Å². The molecule has 0 saturated carbocycles. The van der Waals surface area contributed by atoms with Crippen LogP contribution in [0.1, 0.15) is 34.9 Å². The fourth-order valence-corrected chi connectivity index (χ4v) is 3.78. The van der Waals surface area contributed by atoms with Crippen molar-refractivity contribution < 1.29 is 9.59 Å². The molecule has 0 bridgehead atoms. The fraction of sp³-hybridized carbons (Fsp3) is 0.300. The van der Waals surface area contributed by atoms with Crippen molar-refractivity contribution in [3.8, 4) is 0 Å². The number of hydrogen-bond donors (Lipinski definition) is 1. The fourth-order valence-electron chi connectivity index (χ4n) is 3.78. The second kappa shape index (κ2) is 6.24. The van der Waals surface area contributed by atoms with E-state index in [0.717, 1.165) is 29.4 Å². The van der Waals surface area contributed by atoms with Crippen LogP contribution in [0.4, 0.5) is 0 Å². The number of rotatable bonds is 3. The number of benzene rings is 1. The number of Topliss-reactive ketones (excluding diaryl/α,β-unsaturated/α-hetero) is 1. The van der Waals surface area contributed by atoms with Gasteiger partial charge in [-0.15, -0.1) is 0 Å². The number of nitrogens with zero attached hydrogens (tertiary/aromatic N) is 2. The lowest BCUT2D eigenvalue weighted by Crippen LogP contribution is -2.42. The zero-order chi connectivity index (χ0) is 17.4. The van der Waals surface area contributed by atoms with Gasteiger partial charge in [0.2, 0.25) is 0 Å². The summed E-state index contributed by atoms with van der Waals surface area (Å²) < 4.78 is 2.19. The van der Waals surface area contributed by atoms with Gasteiger partial charge in [0.1, 0.15) is 0 Å². The van der Waals surface area contributed by atoms with E-state index in [9.17, 15) is 9.59 Å². The standard InChI is InChI=1S/C20H21N3O2/c1-14-18(16-6-2-3-7-17(16)21-14)19(24)20(25)23-12-8-15(9-13-23)22-10-4-5-11-22/h2-7,10-11,15,21H,8-9,12-13H2,1H3. The van der Waals surface area contributed by atoms with Crippen molar-refractivity contribution in [2.45, 2.75) is 25.8 Å². The molecule has 128 valence electrons. The van der Waals surface area contributed by atoms with E-state index in [1.54, 1.807) is 4.90 Å². The van der Waals surface area contributed by atoms with Gasteiger partial charge in [-0.25, -0.2) is 0 Å². The first-order valence-corrected chi connectivity index (χ1v) is 8.68. The molecule has 1 N–H and O–H groups in total. The van der Waals surface area contributed by atoms with Crippen LogP contribution < -0.4 is 0 Å². The van der Waals surface area contributed by atoms with E-state index >= 15 is 0 Å². The Balaban J connectivity index is 1.51. The van der Waals surface area contributed by atoms with Crippen LogP contribution in [-0.2, 0) is 4.79 Å². The number of aromatic nitrogens is 2. The van der Waals surface area contributed by atoms with Crippen molar-refractivity contribution in [2.24, 2.45) is 0 Å². The molecular formula is C20H21N3O2. The summed E-state index contributed by atoms with van der Waals surface area (Å²) in [6, 6.07) is 12.1. The zero-order valence-electron chi connectivity index (χ0n) is 14.2. The molecule has 1 amide bonds. The number of carbonyl (C=O) groups excluding carboxylic acids is 2. The van der Waals surface area contributed by atoms with Gasteiger partial charge in [-0.2, -0.15) is 0 Å². The van der Waals surface area contributed by atoms with Gasteiger partial charge in [0.15, 0.2) is 0 Å². The Hall–Kier alpha value is -2.82. The van der Waals surface area contributed by atoms with E-state index in [2.05, 4.69) is 21.9 Å². The molecule has 5 nitrogen and oxygen atoms in total. The van der Waals surface area contributed by atoms with Crippen molar-refractivity contribution in [3.63, 3.8) is 0 Å². The normalized spacial score (nSPS) is 15.6. The molecule has 5 heteroatoms. The summed E-state index contributed by atoms with van der Waals surface area (Å²) in [6.07, 6.45) is 5.87. The lowest BCUT2D eigenvalue weighted by atomic mass is 10.0. The molecule has 4 rings (SSSR count). The highest BCUT2D eigenvalue weighted by molar-refractivity contribution is 6.45. The Labute approximate surface area is 146 Å². The number of nitrogens with one attached hydrogen (secondary N) is 1. The number of amides is 1. The van der Waals surface area contributed by atoms with Gasteiger partial charge in [0.05, 0.1) is 5.56 Å². The van der Waals surface area contributed by atoms with Crippen LogP contribution in [0.25, 0.3) is 10.9 Å². The molecule has 0 spiro atoms. The summed E-state index contributed by atoms with van der Waals surface area (Å²) in [6.45, 7) is 3.09. The largest absolute Gasteiger partial charge is 0.358 e. The molecular weight excluding hydrogens is 314 g/mol. The first-order chi connectivity index (χ1) is 12.1. The van der Waals surface area contributed by atoms with Crippen LogP contribution in [0.5, 0.6) is 0 Å². The van der Waals surface area contributed by atoms with Crippen LogP contribution in [0.3, 0.4) is 0 Å². The predicted molar refractivity (Wildman–Crippen MR) is 96.6 cm³/mol. The van der Waals surface area contributed by atoms with Crippen molar-refractivity contribution in [2.75, 3.05) is 13.1 Å². The Morgan fingerprint density at radius 2 is 1.72 bits per heavy atom. The summed E-state index contributed by atoms with van der Waals surface area (Å²) in [4.78, 5) is 30.5. The highest BCUT2D eigenvalue weighted by Crippen LogP contribution is 2.26. The average molecular weight is 335 g/mol. The smallest absolute Gasteiger partial charge is 0.295 e. The minimum absolute atomic E-state index is 0.390. The molecule has 1 aromatic carbocycles. The summed E-state index contributed by atoms with van der Waals surface area (Å²) in [7, 11) is 0. The number of aromatic amines is 1. The van der Waals surface area contributed by atoms with Gasteiger partial charge in [-0.1, -0.05) is 18.2 Å². The number of likely N-dealkylation sites (tertiary alicyclic amines) is 1. The van der Waals surface area contributed by atoms with E-state index in [1.165, 1.54) is 0 Å². The van der Waals surface area contributed by atoms with Crippen LogP contribution in [0, 0.1) is 6.92 Å². The summed E-state index contributed by atoms with van der Waals surface area (Å²) >= 11 is 0. The molecule has 3 heterocycles. The van der Waals surface area contributed by atoms with E-state index in [-0.39, 0.29) is 5.91 Å². The Morgan fingerprint density at radius 3 is 2.44 bits per heavy atom. The Morgan fingerprint density at radius 1 is 1.04 bits per heavy atom. The lowest BCUT2D eigenvalue weighted by Gasteiger charge is -2.32. The van der Waals surface area contributed by atoms with Gasteiger partial charge >= 0.3 is 0 Å². The van der Waals surface area contributed by atoms with Gasteiger partial charge < -0.3 is 14.5 Å². The SMILES string of the molecule is Cc1[nH]c2ccccc2c1C(=O)C(=O)N1CCC(n2cccc2)CC1. The molecule has 1 fully saturated rings. The monoisotopic (exact) mass is 335 g/mol. The predicted octanol–water partition coefficient (Wildman–Crippen LogP) is 3.32. The van der Waals surface area contributed by atoms with Crippen molar-refractivity contribution in [1.82, 2.24) is 14.5 Å². The molecule has 2 aromatic heterocycles. The second-order valence-corrected chi connectivity index (χ2v) is 6.65. The van der Waals surface area contributed by atoms with Crippen LogP contribution >= 0.6 is 0 Å². The molecule has 3 aromatic rings. The topological polar surface area (TPSA) is 58.1 Å². The second-order valence-electron chi connectivity index (χ2n) is 6.65. The third-order valence-corrected chi connectivity index (χ3v) is 5.12. The van der Waals surface area contributed by atoms with E-state index in [1.807, 2.05) is 43.3 Å². The quantitative estimate of drug-likeness (QED) is 0.589. The van der Waals surface area contributed by atoms with E-state index < -0.39 is 5.78 Å². The highest BCUT2D eigenvalue weighted by Gasteiger charge is 2.30. The number of H-pyrrole nitrogens is 1. The molecule has 1 aliphatic heterocycles. The van der Waals surface area contributed by atoms with Gasteiger partial charge in [-0.05, 0) is 38.0 Å². The van der Waals surface area contributed by atoms with Gasteiger partial charge in [0, 0.05) is 48.1 Å². The third kappa shape index (κ3) is 2.76. The molecule has 1 saturated heterocycles. The molecule has 25 heavy (non-hydrogen) atoms. The van der Waals surface area contributed by atoms with Crippen LogP contribution in [0.2, 0.25) is 0 Å². The van der Waals surface area contributed by atoms with Gasteiger partial charge in [0.25, 0.3) is 11.7 Å². The number of fused-ring (bicyclic) bond motifs is 1. The number of aryl methyl sites for hydroxylation is 1. The number of ketones is 1. The summed E-state index contributed by atoms with van der Waals surface area (Å²) in [5.41, 5.74) is 2.15. The summed E-state index contributed by atoms with van der Waals surface area (Å²) in [5, 5.41) is 0.820. The van der Waals surface area contributed by atoms with Crippen molar-refractivity contribution >= 4 is 22.6 Å².